The Hall–Kier alpha value is -6.00. The summed E-state index contributed by atoms with van der Waals surface area (Å²) in [6, 6.07) is 52.0. The third kappa shape index (κ3) is 3.58. The molecule has 1 aliphatic carbocycles. The summed E-state index contributed by atoms with van der Waals surface area (Å²) in [6.45, 7) is 4.68. The molecule has 0 atom stereocenters. The maximum absolute atomic E-state index is 5.37. The number of aromatic nitrogens is 4. The molecule has 4 heteroatoms. The van der Waals surface area contributed by atoms with E-state index in [-0.39, 0.29) is 5.41 Å². The average molecular weight is 603 g/mol. The van der Waals surface area contributed by atoms with Crippen LogP contribution >= 0.6 is 0 Å². The smallest absolute Gasteiger partial charge is 0.163 e. The minimum Gasteiger partial charge on any atom is -0.294 e. The lowest BCUT2D eigenvalue weighted by Crippen LogP contribution is -2.14. The number of hydrogen-bond acceptors (Lipinski definition) is 2. The van der Waals surface area contributed by atoms with Gasteiger partial charge in [-0.1, -0.05) is 135 Å². The van der Waals surface area contributed by atoms with E-state index in [1.165, 1.54) is 49.3 Å². The van der Waals surface area contributed by atoms with Crippen LogP contribution < -0.4 is 0 Å². The maximum Gasteiger partial charge on any atom is 0.163 e. The molecule has 3 heterocycles. The molecule has 0 saturated heterocycles. The van der Waals surface area contributed by atoms with Gasteiger partial charge in [-0.15, -0.1) is 0 Å². The predicted molar refractivity (Wildman–Crippen MR) is 194 cm³/mol. The summed E-state index contributed by atoms with van der Waals surface area (Å²) in [6.07, 6.45) is 0. The first-order chi connectivity index (χ1) is 23.1. The topological polar surface area (TPSA) is 35.6 Å². The highest BCUT2D eigenvalue weighted by atomic mass is 15.1. The van der Waals surface area contributed by atoms with Gasteiger partial charge in [0.25, 0.3) is 0 Å². The van der Waals surface area contributed by atoms with Gasteiger partial charge >= 0.3 is 0 Å². The number of rotatable bonds is 3. The van der Waals surface area contributed by atoms with Crippen LogP contribution in [0.5, 0.6) is 0 Å². The molecule has 9 aromatic rings. The molecule has 0 amide bonds. The number of benzene rings is 6. The standard InChI is InChI=1S/C43H30N4/c1-43(2)33-20-10-6-19-32(33)40-34(43)25-24-31-30-18-9-13-23-37(30)47(41(31)40)39-26-38(44-42(45-39)27-14-4-3-5-15-27)46-35-21-11-7-16-28(35)29-17-8-12-22-36(29)46/h3-26H,1-2H3. The molecular formula is C43H30N4. The molecule has 0 spiro atoms. The highest BCUT2D eigenvalue weighted by Crippen LogP contribution is 2.52. The van der Waals surface area contributed by atoms with Crippen molar-refractivity contribution in [1.29, 1.82) is 0 Å². The van der Waals surface area contributed by atoms with Gasteiger partial charge in [0.2, 0.25) is 0 Å². The summed E-state index contributed by atoms with van der Waals surface area (Å²) >= 11 is 0. The van der Waals surface area contributed by atoms with E-state index in [1.807, 2.05) is 6.07 Å². The number of para-hydroxylation sites is 3. The number of nitrogens with zero attached hydrogens (tertiary/aromatic N) is 4. The predicted octanol–water partition coefficient (Wildman–Crippen LogP) is 10.6. The quantitative estimate of drug-likeness (QED) is 0.202. The van der Waals surface area contributed by atoms with Gasteiger partial charge < -0.3 is 0 Å². The molecule has 0 aliphatic heterocycles. The monoisotopic (exact) mass is 602 g/mol. The largest absolute Gasteiger partial charge is 0.294 e. The van der Waals surface area contributed by atoms with Gasteiger partial charge in [-0.25, -0.2) is 9.97 Å². The minimum absolute atomic E-state index is 0.115. The van der Waals surface area contributed by atoms with E-state index in [0.29, 0.717) is 5.82 Å². The van der Waals surface area contributed by atoms with E-state index >= 15 is 0 Å². The molecule has 1 aliphatic rings. The van der Waals surface area contributed by atoms with Gasteiger partial charge in [-0.2, -0.15) is 0 Å². The summed E-state index contributed by atoms with van der Waals surface area (Å²) < 4.78 is 4.67. The van der Waals surface area contributed by atoms with Crippen molar-refractivity contribution in [2.45, 2.75) is 19.3 Å². The third-order valence-corrected chi connectivity index (χ3v) is 10.1. The van der Waals surface area contributed by atoms with Gasteiger partial charge in [0.15, 0.2) is 5.82 Å². The zero-order chi connectivity index (χ0) is 31.3. The van der Waals surface area contributed by atoms with Crippen LogP contribution in [0.15, 0.2) is 146 Å². The van der Waals surface area contributed by atoms with Gasteiger partial charge in [-0.05, 0) is 34.9 Å². The summed E-state index contributed by atoms with van der Waals surface area (Å²) in [7, 11) is 0. The molecule has 0 fully saturated rings. The van der Waals surface area contributed by atoms with Crippen molar-refractivity contribution in [3.05, 3.63) is 157 Å². The van der Waals surface area contributed by atoms with Crippen LogP contribution in [0.2, 0.25) is 0 Å². The zero-order valence-electron chi connectivity index (χ0n) is 26.1. The summed E-state index contributed by atoms with van der Waals surface area (Å²) in [5, 5.41) is 4.85. The van der Waals surface area contributed by atoms with Crippen molar-refractivity contribution in [1.82, 2.24) is 19.1 Å². The van der Waals surface area contributed by atoms with Gasteiger partial charge in [0.1, 0.15) is 11.6 Å². The molecule has 6 aromatic carbocycles. The van der Waals surface area contributed by atoms with E-state index < -0.39 is 0 Å². The van der Waals surface area contributed by atoms with Crippen molar-refractivity contribution in [3.63, 3.8) is 0 Å². The second-order valence-electron chi connectivity index (χ2n) is 13.1. The Balaban J connectivity index is 1.37. The highest BCUT2D eigenvalue weighted by molar-refractivity contribution is 6.15. The molecule has 0 bridgehead atoms. The van der Waals surface area contributed by atoms with Crippen LogP contribution in [-0.2, 0) is 5.41 Å². The first-order valence-corrected chi connectivity index (χ1v) is 16.2. The lowest BCUT2D eigenvalue weighted by atomic mass is 9.82. The normalized spacial score (nSPS) is 13.5. The van der Waals surface area contributed by atoms with Gasteiger partial charge in [-0.3, -0.25) is 9.13 Å². The van der Waals surface area contributed by atoms with E-state index in [0.717, 1.165) is 33.7 Å². The molecule has 0 unspecified atom stereocenters. The van der Waals surface area contributed by atoms with Crippen LogP contribution in [-0.4, -0.2) is 19.1 Å². The molecule has 0 N–H and O–H groups in total. The third-order valence-electron chi connectivity index (χ3n) is 10.1. The molecule has 47 heavy (non-hydrogen) atoms. The Bertz CT molecular complexity index is 2660. The van der Waals surface area contributed by atoms with Crippen molar-refractivity contribution in [3.8, 4) is 34.2 Å². The Morgan fingerprint density at radius 2 is 1.00 bits per heavy atom. The fourth-order valence-corrected chi connectivity index (χ4v) is 8.02. The zero-order valence-corrected chi connectivity index (χ0v) is 26.1. The van der Waals surface area contributed by atoms with Crippen LogP contribution in [0.3, 0.4) is 0 Å². The van der Waals surface area contributed by atoms with Crippen LogP contribution in [0, 0.1) is 0 Å². The van der Waals surface area contributed by atoms with Gasteiger partial charge in [0, 0.05) is 44.2 Å². The molecular weight excluding hydrogens is 573 g/mol. The van der Waals surface area contributed by atoms with E-state index in [2.05, 4.69) is 163 Å². The van der Waals surface area contributed by atoms with Crippen LogP contribution in [0.25, 0.3) is 77.8 Å². The SMILES string of the molecule is CC1(C)c2ccccc2-c2c1ccc1c3ccccc3n(-c3cc(-n4c5ccccc5c5ccccc54)nc(-c4ccccc4)n3)c21. The van der Waals surface area contributed by atoms with Gasteiger partial charge in [0.05, 0.1) is 22.1 Å². The maximum atomic E-state index is 5.37. The minimum atomic E-state index is -0.115. The van der Waals surface area contributed by atoms with E-state index in [1.54, 1.807) is 0 Å². The lowest BCUT2D eigenvalue weighted by Gasteiger charge is -2.21. The Morgan fingerprint density at radius 3 is 1.68 bits per heavy atom. The molecule has 222 valence electrons. The second kappa shape index (κ2) is 9.51. The first kappa shape index (κ1) is 26.2. The highest BCUT2D eigenvalue weighted by Gasteiger charge is 2.37. The number of fused-ring (bicyclic) bond motifs is 10. The van der Waals surface area contributed by atoms with Crippen LogP contribution in [0.1, 0.15) is 25.0 Å². The molecule has 10 rings (SSSR count). The Kier molecular flexibility index (Phi) is 5.31. The Labute approximate surface area is 272 Å². The van der Waals surface area contributed by atoms with Crippen molar-refractivity contribution in [2.24, 2.45) is 0 Å². The molecule has 0 saturated carbocycles. The van der Waals surface area contributed by atoms with Crippen molar-refractivity contribution >= 4 is 43.6 Å². The molecule has 3 aromatic heterocycles. The summed E-state index contributed by atoms with van der Waals surface area (Å²) in [4.78, 5) is 10.7. The van der Waals surface area contributed by atoms with Crippen LogP contribution in [0.4, 0.5) is 0 Å². The fourth-order valence-electron chi connectivity index (χ4n) is 8.02. The Morgan fingerprint density at radius 1 is 0.468 bits per heavy atom. The number of hydrogen-bond donors (Lipinski definition) is 0. The van der Waals surface area contributed by atoms with E-state index in [9.17, 15) is 0 Å². The van der Waals surface area contributed by atoms with E-state index in [4.69, 9.17) is 9.97 Å². The summed E-state index contributed by atoms with van der Waals surface area (Å²) in [5.41, 5.74) is 10.7. The summed E-state index contributed by atoms with van der Waals surface area (Å²) in [5.74, 6) is 2.38. The van der Waals surface area contributed by atoms with Crippen molar-refractivity contribution < 1.29 is 0 Å². The second-order valence-corrected chi connectivity index (χ2v) is 13.1. The first-order valence-electron chi connectivity index (χ1n) is 16.2. The molecule has 4 nitrogen and oxygen atoms in total. The van der Waals surface area contributed by atoms with Crippen molar-refractivity contribution in [2.75, 3.05) is 0 Å². The fraction of sp³-hybridized carbons (Fsp3) is 0.0698. The molecule has 0 radical (unpaired) electrons. The lowest BCUT2D eigenvalue weighted by molar-refractivity contribution is 0.661. The average Bonchev–Trinajstić information content (AvgIpc) is 3.72.